The van der Waals surface area contributed by atoms with Crippen LogP contribution in [0.2, 0.25) is 0 Å². The lowest BCUT2D eigenvalue weighted by Crippen LogP contribution is -2.33. The van der Waals surface area contributed by atoms with Gasteiger partial charge in [-0.15, -0.1) is 0 Å². The molecule has 0 heterocycles. The molecular formula is C28H23N3O5S. The molecule has 0 saturated carbocycles. The van der Waals surface area contributed by atoms with Gasteiger partial charge < -0.3 is 5.11 Å². The number of nitrogens with one attached hydrogen (secondary N) is 1. The van der Waals surface area contributed by atoms with Crippen LogP contribution in [0.3, 0.4) is 0 Å². The topological polar surface area (TPSA) is 116 Å². The summed E-state index contributed by atoms with van der Waals surface area (Å²) in [4.78, 5) is 24.2. The van der Waals surface area contributed by atoms with Crippen LogP contribution < -0.4 is 9.73 Å². The molecule has 2 N–H and O–H groups in total. The number of para-hydroxylation sites is 1. The van der Waals surface area contributed by atoms with Crippen molar-refractivity contribution in [2.75, 3.05) is 4.31 Å². The van der Waals surface area contributed by atoms with E-state index in [1.807, 2.05) is 30.3 Å². The number of carbonyl (C=O) groups is 2. The molecule has 4 aromatic rings. The molecule has 0 unspecified atom stereocenters. The van der Waals surface area contributed by atoms with Gasteiger partial charge in [0.1, 0.15) is 0 Å². The van der Waals surface area contributed by atoms with E-state index in [4.69, 9.17) is 5.11 Å². The standard InChI is InChI=1S/C28H23N3O5S/c32-27(30-29-19-21-15-17-23(18-16-21)28(33)34)25-13-7-8-14-26(25)31(20-22-9-3-1-4-10-22)37(35,36)24-11-5-2-6-12-24/h1-19H,20H2,(H,30,32)(H,33,34)/b29-19-. The number of hydrogen-bond donors (Lipinski definition) is 2. The number of rotatable bonds is 9. The second-order valence-electron chi connectivity index (χ2n) is 7.95. The highest BCUT2D eigenvalue weighted by molar-refractivity contribution is 7.92. The number of hydrogen-bond acceptors (Lipinski definition) is 5. The predicted molar refractivity (Wildman–Crippen MR) is 141 cm³/mol. The molecule has 0 radical (unpaired) electrons. The summed E-state index contributed by atoms with van der Waals surface area (Å²) < 4.78 is 28.6. The molecule has 0 bridgehead atoms. The van der Waals surface area contributed by atoms with Crippen LogP contribution >= 0.6 is 0 Å². The van der Waals surface area contributed by atoms with Crippen LogP contribution in [0.15, 0.2) is 119 Å². The van der Waals surface area contributed by atoms with Crippen molar-refractivity contribution < 1.29 is 23.1 Å². The second kappa shape index (κ2) is 11.3. The fraction of sp³-hybridized carbons (Fsp3) is 0.0357. The highest BCUT2D eigenvalue weighted by atomic mass is 32.2. The first-order chi connectivity index (χ1) is 17.9. The molecule has 1 amide bonds. The molecule has 186 valence electrons. The van der Waals surface area contributed by atoms with Crippen LogP contribution in [0.25, 0.3) is 0 Å². The number of hydrazone groups is 1. The minimum atomic E-state index is -4.02. The number of amides is 1. The maximum absolute atomic E-state index is 13.7. The zero-order valence-corrected chi connectivity index (χ0v) is 20.4. The molecule has 0 aliphatic carbocycles. The third-order valence-corrected chi connectivity index (χ3v) is 7.23. The van der Waals surface area contributed by atoms with Gasteiger partial charge in [0.2, 0.25) is 0 Å². The van der Waals surface area contributed by atoms with Gasteiger partial charge in [0.25, 0.3) is 15.9 Å². The Balaban J connectivity index is 1.65. The number of carboxylic acids is 1. The molecule has 37 heavy (non-hydrogen) atoms. The quantitative estimate of drug-likeness (QED) is 0.252. The number of carboxylic acid groups (broad SMARTS) is 1. The van der Waals surface area contributed by atoms with Crippen LogP contribution in [0, 0.1) is 0 Å². The molecule has 0 aromatic heterocycles. The van der Waals surface area contributed by atoms with Crippen molar-refractivity contribution in [1.82, 2.24) is 5.43 Å². The lowest BCUT2D eigenvalue weighted by Gasteiger charge is -2.26. The highest BCUT2D eigenvalue weighted by Crippen LogP contribution is 2.29. The Morgan fingerprint density at radius 3 is 2.05 bits per heavy atom. The second-order valence-corrected chi connectivity index (χ2v) is 9.82. The maximum Gasteiger partial charge on any atom is 0.335 e. The van der Waals surface area contributed by atoms with E-state index in [1.165, 1.54) is 40.9 Å². The van der Waals surface area contributed by atoms with E-state index in [-0.39, 0.29) is 28.3 Å². The average Bonchev–Trinajstić information content (AvgIpc) is 2.93. The zero-order chi connectivity index (χ0) is 26.3. The van der Waals surface area contributed by atoms with Crippen LogP contribution in [0.1, 0.15) is 31.8 Å². The molecule has 0 fully saturated rings. The number of sulfonamides is 1. The van der Waals surface area contributed by atoms with Crippen LogP contribution in [0.5, 0.6) is 0 Å². The van der Waals surface area contributed by atoms with Crippen LogP contribution in [-0.4, -0.2) is 31.6 Å². The summed E-state index contributed by atoms with van der Waals surface area (Å²) >= 11 is 0. The molecule has 0 aliphatic heterocycles. The molecule has 4 rings (SSSR count). The Bertz CT molecular complexity index is 1520. The van der Waals surface area contributed by atoms with Gasteiger partial charge in [-0.05, 0) is 47.5 Å². The number of anilines is 1. The highest BCUT2D eigenvalue weighted by Gasteiger charge is 2.28. The van der Waals surface area contributed by atoms with Gasteiger partial charge in [0.05, 0.1) is 34.5 Å². The average molecular weight is 514 g/mol. The molecule has 0 atom stereocenters. The lowest BCUT2D eigenvalue weighted by molar-refractivity contribution is 0.0696. The summed E-state index contributed by atoms with van der Waals surface area (Å²) in [6, 6.07) is 29.5. The SMILES string of the molecule is O=C(O)c1ccc(/C=N\NC(=O)c2ccccc2N(Cc2ccccc2)S(=O)(=O)c2ccccc2)cc1. The largest absolute Gasteiger partial charge is 0.478 e. The van der Waals surface area contributed by atoms with Gasteiger partial charge in [-0.3, -0.25) is 9.10 Å². The fourth-order valence-electron chi connectivity index (χ4n) is 3.59. The lowest BCUT2D eigenvalue weighted by atomic mass is 10.1. The van der Waals surface area contributed by atoms with Crippen LogP contribution in [0.4, 0.5) is 5.69 Å². The zero-order valence-electron chi connectivity index (χ0n) is 19.6. The summed E-state index contributed by atoms with van der Waals surface area (Å²) in [6.45, 7) is 0.0154. The van der Waals surface area contributed by atoms with E-state index in [1.54, 1.807) is 48.5 Å². The van der Waals surface area contributed by atoms with Gasteiger partial charge in [-0.2, -0.15) is 5.10 Å². The smallest absolute Gasteiger partial charge is 0.335 e. The van der Waals surface area contributed by atoms with Crippen molar-refractivity contribution in [3.63, 3.8) is 0 Å². The normalized spacial score (nSPS) is 11.2. The van der Waals surface area contributed by atoms with Gasteiger partial charge in [-0.25, -0.2) is 18.6 Å². The minimum Gasteiger partial charge on any atom is -0.478 e. The third-order valence-electron chi connectivity index (χ3n) is 5.45. The fourth-order valence-corrected chi connectivity index (χ4v) is 5.08. The van der Waals surface area contributed by atoms with Gasteiger partial charge in [-0.1, -0.05) is 72.8 Å². The summed E-state index contributed by atoms with van der Waals surface area (Å²) in [5, 5.41) is 13.0. The summed E-state index contributed by atoms with van der Waals surface area (Å²) in [5.74, 6) is -1.64. The first-order valence-corrected chi connectivity index (χ1v) is 12.7. The summed E-state index contributed by atoms with van der Waals surface area (Å²) in [6.07, 6.45) is 1.37. The summed E-state index contributed by atoms with van der Waals surface area (Å²) in [5.41, 5.74) is 4.21. The van der Waals surface area contributed by atoms with Gasteiger partial charge in [0, 0.05) is 0 Å². The molecular weight excluding hydrogens is 490 g/mol. The van der Waals surface area contributed by atoms with Crippen molar-refractivity contribution in [2.24, 2.45) is 5.10 Å². The summed E-state index contributed by atoms with van der Waals surface area (Å²) in [7, 11) is -4.02. The first-order valence-electron chi connectivity index (χ1n) is 11.2. The molecule has 0 aliphatic rings. The third kappa shape index (κ3) is 6.09. The van der Waals surface area contributed by atoms with Crippen molar-refractivity contribution in [3.8, 4) is 0 Å². The molecule has 8 nitrogen and oxygen atoms in total. The first kappa shape index (κ1) is 25.3. The molecule has 9 heteroatoms. The monoisotopic (exact) mass is 513 g/mol. The van der Waals surface area contributed by atoms with E-state index in [0.717, 1.165) is 5.56 Å². The Morgan fingerprint density at radius 1 is 0.811 bits per heavy atom. The Morgan fingerprint density at radius 2 is 1.41 bits per heavy atom. The van der Waals surface area contributed by atoms with Crippen molar-refractivity contribution in [1.29, 1.82) is 0 Å². The minimum absolute atomic E-state index is 0.0154. The van der Waals surface area contributed by atoms with E-state index in [9.17, 15) is 18.0 Å². The van der Waals surface area contributed by atoms with Crippen molar-refractivity contribution in [3.05, 3.63) is 131 Å². The van der Waals surface area contributed by atoms with Crippen molar-refractivity contribution in [2.45, 2.75) is 11.4 Å². The molecule has 4 aromatic carbocycles. The van der Waals surface area contributed by atoms with Crippen molar-refractivity contribution >= 4 is 33.8 Å². The molecule has 0 spiro atoms. The Hall–Kier alpha value is -4.76. The number of benzene rings is 4. The predicted octanol–water partition coefficient (Wildman–Crippen LogP) is 4.54. The number of nitrogens with zero attached hydrogens (tertiary/aromatic N) is 2. The van der Waals surface area contributed by atoms with Crippen LogP contribution in [-0.2, 0) is 16.6 Å². The number of aromatic carboxylic acids is 1. The van der Waals surface area contributed by atoms with Gasteiger partial charge >= 0.3 is 5.97 Å². The molecule has 0 saturated heterocycles. The maximum atomic E-state index is 13.7. The van der Waals surface area contributed by atoms with E-state index >= 15 is 0 Å². The van der Waals surface area contributed by atoms with E-state index in [2.05, 4.69) is 10.5 Å². The Kier molecular flexibility index (Phi) is 7.75. The van der Waals surface area contributed by atoms with Gasteiger partial charge in [0.15, 0.2) is 0 Å². The van der Waals surface area contributed by atoms with E-state index in [0.29, 0.717) is 5.56 Å². The van der Waals surface area contributed by atoms with E-state index < -0.39 is 21.9 Å². The number of carbonyl (C=O) groups excluding carboxylic acids is 1. The Labute approximate surface area is 214 Å².